The Labute approximate surface area is 111 Å². The summed E-state index contributed by atoms with van der Waals surface area (Å²) in [4.78, 5) is 0. The highest BCUT2D eigenvalue weighted by molar-refractivity contribution is 7.89. The van der Waals surface area contributed by atoms with Crippen molar-refractivity contribution in [2.45, 2.75) is 71.0 Å². The fraction of sp³-hybridized carbons (Fsp3) is 1.00. The van der Waals surface area contributed by atoms with Crippen molar-refractivity contribution >= 4 is 10.0 Å². The molecule has 0 amide bonds. The van der Waals surface area contributed by atoms with Crippen LogP contribution in [0.2, 0.25) is 0 Å². The number of fused-ring (bicyclic) bond motifs is 2. The Morgan fingerprint density at radius 2 is 1.67 bits per heavy atom. The minimum atomic E-state index is -3.10. The van der Waals surface area contributed by atoms with Crippen molar-refractivity contribution in [2.75, 3.05) is 5.75 Å². The van der Waals surface area contributed by atoms with E-state index in [9.17, 15) is 8.42 Å². The van der Waals surface area contributed by atoms with Gasteiger partial charge in [0.15, 0.2) is 0 Å². The third-order valence-electron chi connectivity index (χ3n) is 4.13. The molecular weight excluding hydrogens is 248 g/mol. The summed E-state index contributed by atoms with van der Waals surface area (Å²) in [5.41, 5.74) is 6.05. The summed E-state index contributed by atoms with van der Waals surface area (Å²) < 4.78 is 26.8. The number of piperidine rings is 1. The lowest BCUT2D eigenvalue weighted by Gasteiger charge is -2.37. The van der Waals surface area contributed by atoms with Crippen LogP contribution in [-0.2, 0) is 10.0 Å². The van der Waals surface area contributed by atoms with Crippen LogP contribution in [-0.4, -0.2) is 36.6 Å². The molecule has 5 heteroatoms. The van der Waals surface area contributed by atoms with Crippen LogP contribution in [0.1, 0.15) is 52.9 Å². The highest BCUT2D eigenvalue weighted by atomic mass is 32.2. The molecule has 2 fully saturated rings. The lowest BCUT2D eigenvalue weighted by molar-refractivity contribution is 0.226. The molecule has 2 N–H and O–H groups in total. The standard InChI is InChI=1S/C13H26N2O2S/c1-13(2,3)6-7-18(16,17)15-11-4-5-12(15)9-10(14)8-11/h10-12H,4-9,14H2,1-3H3. The normalized spacial score (nSPS) is 33.9. The van der Waals surface area contributed by atoms with Gasteiger partial charge in [-0.1, -0.05) is 20.8 Å². The van der Waals surface area contributed by atoms with Crippen molar-refractivity contribution in [3.05, 3.63) is 0 Å². The number of rotatable bonds is 3. The third-order valence-corrected chi connectivity index (χ3v) is 6.09. The highest BCUT2D eigenvalue weighted by Crippen LogP contribution is 2.38. The van der Waals surface area contributed by atoms with E-state index < -0.39 is 10.0 Å². The smallest absolute Gasteiger partial charge is 0.214 e. The van der Waals surface area contributed by atoms with Gasteiger partial charge in [0, 0.05) is 18.1 Å². The first-order chi connectivity index (χ1) is 8.19. The number of hydrogen-bond donors (Lipinski definition) is 1. The zero-order valence-electron chi connectivity index (χ0n) is 11.7. The van der Waals surface area contributed by atoms with Crippen molar-refractivity contribution < 1.29 is 8.42 Å². The fourth-order valence-electron chi connectivity index (χ4n) is 3.17. The predicted molar refractivity (Wildman–Crippen MR) is 73.7 cm³/mol. The lowest BCUT2D eigenvalue weighted by Crippen LogP contribution is -2.50. The topological polar surface area (TPSA) is 63.4 Å². The molecule has 18 heavy (non-hydrogen) atoms. The molecule has 0 radical (unpaired) electrons. The van der Waals surface area contributed by atoms with E-state index in [1.165, 1.54) is 0 Å². The van der Waals surface area contributed by atoms with Gasteiger partial charge in [0.2, 0.25) is 10.0 Å². The van der Waals surface area contributed by atoms with Crippen LogP contribution in [0, 0.1) is 5.41 Å². The van der Waals surface area contributed by atoms with Gasteiger partial charge in [0.25, 0.3) is 0 Å². The molecule has 2 aliphatic heterocycles. The third kappa shape index (κ3) is 3.06. The van der Waals surface area contributed by atoms with Crippen molar-refractivity contribution in [3.8, 4) is 0 Å². The van der Waals surface area contributed by atoms with Gasteiger partial charge in [0.05, 0.1) is 5.75 Å². The Balaban J connectivity index is 2.07. The van der Waals surface area contributed by atoms with Gasteiger partial charge < -0.3 is 5.73 Å². The van der Waals surface area contributed by atoms with Crippen molar-refractivity contribution in [1.29, 1.82) is 0 Å². The summed E-state index contributed by atoms with van der Waals surface area (Å²) in [5.74, 6) is 0.277. The summed E-state index contributed by atoms with van der Waals surface area (Å²) in [6.07, 6.45) is 4.38. The van der Waals surface area contributed by atoms with E-state index in [1.807, 2.05) is 0 Å². The van der Waals surface area contributed by atoms with Gasteiger partial charge in [-0.15, -0.1) is 0 Å². The molecule has 2 unspecified atom stereocenters. The van der Waals surface area contributed by atoms with Gasteiger partial charge in [0.1, 0.15) is 0 Å². The van der Waals surface area contributed by atoms with E-state index in [2.05, 4.69) is 20.8 Å². The van der Waals surface area contributed by atoms with Gasteiger partial charge in [-0.05, 0) is 37.5 Å². The molecule has 2 rings (SSSR count). The Morgan fingerprint density at radius 3 is 2.11 bits per heavy atom. The van der Waals surface area contributed by atoms with Crippen LogP contribution in [0.4, 0.5) is 0 Å². The molecule has 4 nitrogen and oxygen atoms in total. The van der Waals surface area contributed by atoms with Crippen LogP contribution < -0.4 is 5.73 Å². The van der Waals surface area contributed by atoms with E-state index >= 15 is 0 Å². The molecule has 2 bridgehead atoms. The van der Waals surface area contributed by atoms with Crippen LogP contribution in [0.5, 0.6) is 0 Å². The molecule has 2 atom stereocenters. The monoisotopic (exact) mass is 274 g/mol. The fourth-order valence-corrected chi connectivity index (χ4v) is 5.54. The summed E-state index contributed by atoms with van der Waals surface area (Å²) >= 11 is 0. The second kappa shape index (κ2) is 4.76. The van der Waals surface area contributed by atoms with E-state index in [1.54, 1.807) is 4.31 Å². The highest BCUT2D eigenvalue weighted by Gasteiger charge is 2.45. The predicted octanol–water partition coefficient (Wildman–Crippen LogP) is 1.71. The summed E-state index contributed by atoms with van der Waals surface area (Å²) in [5, 5.41) is 0. The lowest BCUT2D eigenvalue weighted by atomic mass is 9.94. The van der Waals surface area contributed by atoms with Crippen molar-refractivity contribution in [2.24, 2.45) is 11.1 Å². The maximum atomic E-state index is 12.5. The summed E-state index contributed by atoms with van der Waals surface area (Å²) in [6, 6.07) is 0.531. The minimum absolute atomic E-state index is 0.0678. The second-order valence-corrected chi connectivity index (χ2v) is 9.07. The molecule has 2 saturated heterocycles. The van der Waals surface area contributed by atoms with Crippen molar-refractivity contribution in [1.82, 2.24) is 4.31 Å². The molecule has 0 aromatic carbocycles. The summed E-state index contributed by atoms with van der Waals surface area (Å²) in [6.45, 7) is 6.26. The van der Waals surface area contributed by atoms with E-state index in [0.29, 0.717) is 0 Å². The first-order valence-corrected chi connectivity index (χ1v) is 8.57. The van der Waals surface area contributed by atoms with Crippen LogP contribution in [0.15, 0.2) is 0 Å². The first kappa shape index (κ1) is 14.3. The summed E-state index contributed by atoms with van der Waals surface area (Å²) in [7, 11) is -3.10. The van der Waals surface area contributed by atoms with E-state index in [4.69, 9.17) is 5.73 Å². The zero-order valence-corrected chi connectivity index (χ0v) is 12.5. The average molecular weight is 274 g/mol. The SMILES string of the molecule is CC(C)(C)CCS(=O)(=O)N1C2CCC1CC(N)C2. The van der Waals surface area contributed by atoms with Gasteiger partial charge in [-0.3, -0.25) is 0 Å². The van der Waals surface area contributed by atoms with Gasteiger partial charge in [-0.25, -0.2) is 8.42 Å². The van der Waals surface area contributed by atoms with Crippen LogP contribution >= 0.6 is 0 Å². The number of hydrogen-bond acceptors (Lipinski definition) is 3. The second-order valence-electron chi connectivity index (χ2n) is 7.07. The quantitative estimate of drug-likeness (QED) is 0.852. The van der Waals surface area contributed by atoms with Gasteiger partial charge in [-0.2, -0.15) is 4.31 Å². The number of sulfonamides is 1. The minimum Gasteiger partial charge on any atom is -0.328 e. The average Bonchev–Trinajstić information content (AvgIpc) is 2.49. The Morgan fingerprint density at radius 1 is 1.17 bits per heavy atom. The maximum absolute atomic E-state index is 12.5. The van der Waals surface area contributed by atoms with Crippen molar-refractivity contribution in [3.63, 3.8) is 0 Å². The number of nitrogens with two attached hydrogens (primary N) is 1. The molecule has 0 aromatic heterocycles. The van der Waals surface area contributed by atoms with E-state index in [-0.39, 0.29) is 29.3 Å². The Hall–Kier alpha value is -0.130. The maximum Gasteiger partial charge on any atom is 0.214 e. The Bertz CT molecular complexity index is 386. The molecule has 0 aromatic rings. The van der Waals surface area contributed by atoms with Crippen LogP contribution in [0.25, 0.3) is 0 Å². The molecule has 0 saturated carbocycles. The van der Waals surface area contributed by atoms with E-state index in [0.717, 1.165) is 32.1 Å². The first-order valence-electron chi connectivity index (χ1n) is 6.96. The molecule has 0 spiro atoms. The molecule has 106 valence electrons. The Kier molecular flexibility index (Phi) is 3.78. The largest absolute Gasteiger partial charge is 0.328 e. The molecule has 2 heterocycles. The molecule has 2 aliphatic rings. The molecular formula is C13H26N2O2S. The zero-order chi connectivity index (χ0) is 13.6. The number of nitrogens with zero attached hydrogens (tertiary/aromatic N) is 1. The van der Waals surface area contributed by atoms with Crippen LogP contribution in [0.3, 0.4) is 0 Å². The molecule has 0 aliphatic carbocycles. The van der Waals surface area contributed by atoms with Gasteiger partial charge >= 0.3 is 0 Å².